The first kappa shape index (κ1) is 18.5. The number of hydrogen-bond acceptors (Lipinski definition) is 3. The second-order valence-electron chi connectivity index (χ2n) is 6.64. The Morgan fingerprint density at radius 3 is 2.46 bits per heavy atom. The van der Waals surface area contributed by atoms with Crippen LogP contribution in [0.2, 0.25) is 0 Å². The number of pyridine rings is 1. The summed E-state index contributed by atoms with van der Waals surface area (Å²) in [5, 5.41) is 3.02. The monoisotopic (exact) mass is 344 g/mol. The Hall–Kier alpha value is -1.79. The summed E-state index contributed by atoms with van der Waals surface area (Å²) in [5.74, 6) is 0.601. The summed E-state index contributed by atoms with van der Waals surface area (Å²) >= 11 is 0. The van der Waals surface area contributed by atoms with Crippen molar-refractivity contribution in [3.8, 4) is 5.88 Å². The summed E-state index contributed by atoms with van der Waals surface area (Å²) in [5.41, 5.74) is -0.786. The van der Waals surface area contributed by atoms with Crippen LogP contribution in [0.5, 0.6) is 5.88 Å². The molecule has 1 saturated carbocycles. The zero-order valence-corrected chi connectivity index (χ0v) is 13.9. The first-order valence-electron chi connectivity index (χ1n) is 8.23. The van der Waals surface area contributed by atoms with E-state index in [-0.39, 0.29) is 23.9 Å². The third kappa shape index (κ3) is 5.69. The van der Waals surface area contributed by atoms with E-state index in [1.807, 2.05) is 13.8 Å². The molecule has 0 saturated heterocycles. The van der Waals surface area contributed by atoms with Gasteiger partial charge in [0, 0.05) is 24.7 Å². The molecule has 1 aliphatic carbocycles. The van der Waals surface area contributed by atoms with E-state index >= 15 is 0 Å². The Balaban J connectivity index is 1.78. The smallest absolute Gasteiger partial charge is 0.417 e. The zero-order valence-electron chi connectivity index (χ0n) is 13.9. The Labute approximate surface area is 139 Å². The lowest BCUT2D eigenvalue weighted by Gasteiger charge is -2.29. The van der Waals surface area contributed by atoms with Gasteiger partial charge in [0.25, 0.3) is 0 Å². The van der Waals surface area contributed by atoms with Crippen molar-refractivity contribution in [1.82, 2.24) is 10.3 Å². The quantitative estimate of drug-likeness (QED) is 0.880. The average Bonchev–Trinajstić information content (AvgIpc) is 2.48. The molecular formula is C17H23F3N2O2. The van der Waals surface area contributed by atoms with Crippen LogP contribution < -0.4 is 10.1 Å². The van der Waals surface area contributed by atoms with Crippen molar-refractivity contribution in [3.05, 3.63) is 23.9 Å². The van der Waals surface area contributed by atoms with E-state index in [9.17, 15) is 18.0 Å². The number of alkyl halides is 3. The van der Waals surface area contributed by atoms with Gasteiger partial charge in [0.2, 0.25) is 11.8 Å². The molecule has 2 rings (SSSR count). The van der Waals surface area contributed by atoms with Crippen LogP contribution in [0, 0.1) is 5.92 Å². The van der Waals surface area contributed by atoms with Crippen molar-refractivity contribution in [3.63, 3.8) is 0 Å². The predicted molar refractivity (Wildman–Crippen MR) is 83.5 cm³/mol. The lowest BCUT2D eigenvalue weighted by atomic mass is 9.92. The summed E-state index contributed by atoms with van der Waals surface area (Å²) in [6.45, 7) is 4.00. The van der Waals surface area contributed by atoms with E-state index in [4.69, 9.17) is 4.74 Å². The molecule has 24 heavy (non-hydrogen) atoms. The van der Waals surface area contributed by atoms with Gasteiger partial charge in [-0.15, -0.1) is 0 Å². The molecule has 0 bridgehead atoms. The van der Waals surface area contributed by atoms with Crippen LogP contribution in [0.1, 0.15) is 51.5 Å². The number of carbonyl (C=O) groups is 1. The molecule has 0 spiro atoms. The molecule has 7 heteroatoms. The molecule has 0 aromatic carbocycles. The highest BCUT2D eigenvalue weighted by Gasteiger charge is 2.31. The maximum atomic E-state index is 12.5. The number of rotatable bonds is 5. The van der Waals surface area contributed by atoms with Crippen molar-refractivity contribution in [2.75, 3.05) is 0 Å². The third-order valence-corrected chi connectivity index (χ3v) is 3.98. The highest BCUT2D eigenvalue weighted by Crippen LogP contribution is 2.30. The molecular weight excluding hydrogens is 321 g/mol. The highest BCUT2D eigenvalue weighted by molar-refractivity contribution is 5.76. The van der Waals surface area contributed by atoms with Crippen molar-refractivity contribution in [2.24, 2.45) is 5.92 Å². The first-order chi connectivity index (χ1) is 11.2. The highest BCUT2D eigenvalue weighted by atomic mass is 19.4. The second-order valence-corrected chi connectivity index (χ2v) is 6.64. The SMILES string of the molecule is CC(C)CC(=O)NC1CCC(Oc2ccc(C(F)(F)F)cn2)CC1. The number of carbonyl (C=O) groups excluding carboxylic acids is 1. The molecule has 0 radical (unpaired) electrons. The van der Waals surface area contributed by atoms with Gasteiger partial charge in [-0.2, -0.15) is 13.2 Å². The van der Waals surface area contributed by atoms with Crippen molar-refractivity contribution >= 4 is 5.91 Å². The average molecular weight is 344 g/mol. The Morgan fingerprint density at radius 1 is 1.29 bits per heavy atom. The Bertz CT molecular complexity index is 536. The maximum Gasteiger partial charge on any atom is 0.417 e. The molecule has 0 aliphatic heterocycles. The van der Waals surface area contributed by atoms with E-state index in [1.165, 1.54) is 6.07 Å². The van der Waals surface area contributed by atoms with Gasteiger partial charge < -0.3 is 10.1 Å². The molecule has 1 N–H and O–H groups in total. The lowest BCUT2D eigenvalue weighted by Crippen LogP contribution is -2.40. The van der Waals surface area contributed by atoms with Gasteiger partial charge in [0.1, 0.15) is 6.10 Å². The van der Waals surface area contributed by atoms with Crippen molar-refractivity contribution in [2.45, 2.75) is 64.3 Å². The predicted octanol–water partition coefficient (Wildman–Crippen LogP) is 3.95. The number of nitrogens with one attached hydrogen (secondary N) is 1. The van der Waals surface area contributed by atoms with Crippen LogP contribution in [0.3, 0.4) is 0 Å². The van der Waals surface area contributed by atoms with Crippen molar-refractivity contribution in [1.29, 1.82) is 0 Å². The van der Waals surface area contributed by atoms with Crippen LogP contribution in [0.25, 0.3) is 0 Å². The van der Waals surface area contributed by atoms with Gasteiger partial charge in [-0.3, -0.25) is 4.79 Å². The minimum atomic E-state index is -4.39. The molecule has 4 nitrogen and oxygen atoms in total. The topological polar surface area (TPSA) is 51.2 Å². The summed E-state index contributed by atoms with van der Waals surface area (Å²) in [7, 11) is 0. The van der Waals surface area contributed by atoms with Crippen LogP contribution >= 0.6 is 0 Å². The molecule has 0 unspecified atom stereocenters. The van der Waals surface area contributed by atoms with Gasteiger partial charge in [-0.25, -0.2) is 4.98 Å². The number of halogens is 3. The number of ether oxygens (including phenoxy) is 1. The molecule has 134 valence electrons. The molecule has 1 amide bonds. The van der Waals surface area contributed by atoms with E-state index < -0.39 is 11.7 Å². The van der Waals surface area contributed by atoms with Crippen LogP contribution in [-0.2, 0) is 11.0 Å². The minimum absolute atomic E-state index is 0.0683. The molecule has 0 atom stereocenters. The number of nitrogens with zero attached hydrogens (tertiary/aromatic N) is 1. The summed E-state index contributed by atoms with van der Waals surface area (Å²) in [6, 6.07) is 2.37. The summed E-state index contributed by atoms with van der Waals surface area (Å²) < 4.78 is 43.1. The molecule has 1 aliphatic rings. The Kier molecular flexibility index (Phi) is 6.07. The largest absolute Gasteiger partial charge is 0.474 e. The van der Waals surface area contributed by atoms with E-state index in [2.05, 4.69) is 10.3 Å². The fourth-order valence-electron chi connectivity index (χ4n) is 2.77. The normalized spacial score (nSPS) is 21.6. The van der Waals surface area contributed by atoms with E-state index in [0.29, 0.717) is 12.3 Å². The summed E-state index contributed by atoms with van der Waals surface area (Å²) in [4.78, 5) is 15.5. The maximum absolute atomic E-state index is 12.5. The number of aromatic nitrogens is 1. The van der Waals surface area contributed by atoms with E-state index in [0.717, 1.165) is 37.9 Å². The first-order valence-corrected chi connectivity index (χ1v) is 8.23. The van der Waals surface area contributed by atoms with Crippen LogP contribution in [0.15, 0.2) is 18.3 Å². The molecule has 1 aromatic rings. The molecule has 1 aromatic heterocycles. The minimum Gasteiger partial charge on any atom is -0.474 e. The lowest BCUT2D eigenvalue weighted by molar-refractivity contribution is -0.137. The van der Waals surface area contributed by atoms with Gasteiger partial charge in [-0.1, -0.05) is 13.8 Å². The molecule has 1 fully saturated rings. The van der Waals surface area contributed by atoms with Crippen LogP contribution in [0.4, 0.5) is 13.2 Å². The van der Waals surface area contributed by atoms with Crippen molar-refractivity contribution < 1.29 is 22.7 Å². The zero-order chi connectivity index (χ0) is 17.7. The van der Waals surface area contributed by atoms with Gasteiger partial charge in [0.15, 0.2) is 0 Å². The Morgan fingerprint density at radius 2 is 1.96 bits per heavy atom. The fraction of sp³-hybridized carbons (Fsp3) is 0.647. The van der Waals surface area contributed by atoms with Gasteiger partial charge in [-0.05, 0) is 37.7 Å². The number of hydrogen-bond donors (Lipinski definition) is 1. The summed E-state index contributed by atoms with van der Waals surface area (Å²) in [6.07, 6.45) is -0.0707. The standard InChI is InChI=1S/C17H23F3N2O2/c1-11(2)9-15(23)22-13-4-6-14(7-5-13)24-16-8-3-12(10-21-16)17(18,19)20/h3,8,10-11,13-14H,4-7,9H2,1-2H3,(H,22,23). The van der Waals surface area contributed by atoms with Crippen LogP contribution in [-0.4, -0.2) is 23.0 Å². The fourth-order valence-corrected chi connectivity index (χ4v) is 2.77. The number of amides is 1. The van der Waals surface area contributed by atoms with Gasteiger partial charge in [0.05, 0.1) is 5.56 Å². The second kappa shape index (κ2) is 7.85. The van der Waals surface area contributed by atoms with E-state index in [1.54, 1.807) is 0 Å². The molecule has 1 heterocycles. The third-order valence-electron chi connectivity index (χ3n) is 3.98. The van der Waals surface area contributed by atoms with Gasteiger partial charge >= 0.3 is 6.18 Å².